The third-order valence-electron chi connectivity index (χ3n) is 3.63. The highest BCUT2D eigenvalue weighted by molar-refractivity contribution is 14.0. The molecule has 0 saturated carbocycles. The predicted molar refractivity (Wildman–Crippen MR) is 115 cm³/mol. The molecule has 1 aromatic heterocycles. The Morgan fingerprint density at radius 1 is 1.22 bits per heavy atom. The smallest absolute Gasteiger partial charge is 0.375 e. The summed E-state index contributed by atoms with van der Waals surface area (Å²) in [6.45, 7) is 1.77. The lowest BCUT2D eigenvalue weighted by molar-refractivity contribution is -0.140. The van der Waals surface area contributed by atoms with Crippen molar-refractivity contribution in [2.45, 2.75) is 19.1 Å². The van der Waals surface area contributed by atoms with Crippen LogP contribution in [0.4, 0.5) is 18.9 Å². The number of aliphatic imine (C=N–C) groups is 1. The lowest BCUT2D eigenvalue weighted by atomic mass is 10.3. The average Bonchev–Trinajstić information content (AvgIpc) is 3.11. The van der Waals surface area contributed by atoms with Crippen molar-refractivity contribution in [3.05, 3.63) is 46.4 Å². The summed E-state index contributed by atoms with van der Waals surface area (Å²) in [7, 11) is 3.65. The second kappa shape index (κ2) is 11.3. The normalized spacial score (nSPS) is 11.7. The Morgan fingerprint density at radius 2 is 1.93 bits per heavy atom. The van der Waals surface area contributed by atoms with Crippen LogP contribution >= 0.6 is 35.3 Å². The van der Waals surface area contributed by atoms with Gasteiger partial charge >= 0.3 is 6.18 Å². The first-order valence-corrected chi connectivity index (χ1v) is 9.00. The van der Waals surface area contributed by atoms with Crippen LogP contribution in [0, 0.1) is 0 Å². The predicted octanol–water partition coefficient (Wildman–Crippen LogP) is 3.97. The van der Waals surface area contributed by atoms with Crippen molar-refractivity contribution in [1.29, 1.82) is 0 Å². The number of alkyl halides is 3. The third kappa shape index (κ3) is 7.91. The van der Waals surface area contributed by atoms with E-state index in [1.165, 1.54) is 0 Å². The molecule has 0 aliphatic rings. The Balaban J connectivity index is 0.00000364. The Morgan fingerprint density at radius 3 is 2.52 bits per heavy atom. The standard InChI is InChI=1S/C17H22F3N5S.HI/c1-21-16(23-11-15-24-14(12-26-15)17(18,19)20)22-9-6-10-25(2)13-7-4-3-5-8-13;/h3-5,7-8,12H,6,9-11H2,1-2H3,(H2,21,22,23);1H. The van der Waals surface area contributed by atoms with Gasteiger partial charge in [-0.25, -0.2) is 4.98 Å². The van der Waals surface area contributed by atoms with E-state index >= 15 is 0 Å². The molecule has 10 heteroatoms. The molecule has 0 radical (unpaired) electrons. The fraction of sp³-hybridized carbons (Fsp3) is 0.412. The highest BCUT2D eigenvalue weighted by Crippen LogP contribution is 2.29. The van der Waals surface area contributed by atoms with Gasteiger partial charge < -0.3 is 15.5 Å². The molecular formula is C17H23F3IN5S. The molecule has 2 N–H and O–H groups in total. The second-order valence-electron chi connectivity index (χ2n) is 5.59. The number of benzene rings is 1. The van der Waals surface area contributed by atoms with Gasteiger partial charge in [-0.2, -0.15) is 13.2 Å². The summed E-state index contributed by atoms with van der Waals surface area (Å²) in [5, 5.41) is 7.51. The summed E-state index contributed by atoms with van der Waals surface area (Å²) in [5.74, 6) is 0.538. The van der Waals surface area contributed by atoms with Crippen LogP contribution in [-0.2, 0) is 12.7 Å². The van der Waals surface area contributed by atoms with Crippen LogP contribution in [0.3, 0.4) is 0 Å². The van der Waals surface area contributed by atoms with Crippen molar-refractivity contribution in [3.8, 4) is 0 Å². The summed E-state index contributed by atoms with van der Waals surface area (Å²) in [6.07, 6.45) is -3.51. The summed E-state index contributed by atoms with van der Waals surface area (Å²) in [5.41, 5.74) is 0.297. The van der Waals surface area contributed by atoms with Crippen LogP contribution in [0.25, 0.3) is 0 Å². The van der Waals surface area contributed by atoms with Gasteiger partial charge in [0, 0.05) is 38.3 Å². The maximum absolute atomic E-state index is 12.5. The van der Waals surface area contributed by atoms with E-state index in [-0.39, 0.29) is 30.5 Å². The molecule has 5 nitrogen and oxygen atoms in total. The van der Waals surface area contributed by atoms with Crippen LogP contribution in [-0.4, -0.2) is 38.1 Å². The Labute approximate surface area is 178 Å². The molecule has 1 aromatic carbocycles. The van der Waals surface area contributed by atoms with Crippen LogP contribution in [0.15, 0.2) is 40.7 Å². The number of hydrogen-bond donors (Lipinski definition) is 2. The Bertz CT molecular complexity index is 706. The molecule has 1 heterocycles. The summed E-state index contributed by atoms with van der Waals surface area (Å²) >= 11 is 0.976. The monoisotopic (exact) mass is 513 g/mol. The number of aromatic nitrogens is 1. The third-order valence-corrected chi connectivity index (χ3v) is 4.48. The van der Waals surface area contributed by atoms with E-state index in [1.54, 1.807) is 7.05 Å². The summed E-state index contributed by atoms with van der Waals surface area (Å²) in [6, 6.07) is 10.1. The van der Waals surface area contributed by atoms with Crippen molar-refractivity contribution in [2.24, 2.45) is 4.99 Å². The van der Waals surface area contributed by atoms with Gasteiger partial charge in [-0.15, -0.1) is 35.3 Å². The molecule has 0 aliphatic carbocycles. The lowest BCUT2D eigenvalue weighted by Gasteiger charge is -2.19. The zero-order valence-electron chi connectivity index (χ0n) is 15.1. The van der Waals surface area contributed by atoms with Gasteiger partial charge in [-0.1, -0.05) is 18.2 Å². The summed E-state index contributed by atoms with van der Waals surface area (Å²) < 4.78 is 37.6. The van der Waals surface area contributed by atoms with Gasteiger partial charge in [-0.3, -0.25) is 4.99 Å². The van der Waals surface area contributed by atoms with E-state index < -0.39 is 11.9 Å². The zero-order valence-corrected chi connectivity index (χ0v) is 18.2. The average molecular weight is 513 g/mol. The molecular weight excluding hydrogens is 490 g/mol. The first-order chi connectivity index (χ1) is 12.4. The maximum atomic E-state index is 12.5. The van der Waals surface area contributed by atoms with Gasteiger partial charge in [0.25, 0.3) is 0 Å². The van der Waals surface area contributed by atoms with Crippen molar-refractivity contribution < 1.29 is 13.2 Å². The fourth-order valence-electron chi connectivity index (χ4n) is 2.24. The zero-order chi connectivity index (χ0) is 19.0. The van der Waals surface area contributed by atoms with Gasteiger partial charge in [0.15, 0.2) is 11.7 Å². The second-order valence-corrected chi connectivity index (χ2v) is 6.53. The number of guanidine groups is 1. The van der Waals surface area contributed by atoms with Crippen LogP contribution in [0.1, 0.15) is 17.1 Å². The Hall–Kier alpha value is -1.56. The molecule has 0 amide bonds. The van der Waals surface area contributed by atoms with Gasteiger partial charge in [0.05, 0.1) is 6.54 Å². The maximum Gasteiger partial charge on any atom is 0.434 e. The van der Waals surface area contributed by atoms with Crippen molar-refractivity contribution in [2.75, 3.05) is 32.1 Å². The molecule has 0 spiro atoms. The molecule has 0 atom stereocenters. The Kier molecular flexibility index (Phi) is 9.84. The first-order valence-electron chi connectivity index (χ1n) is 8.12. The molecule has 0 unspecified atom stereocenters. The van der Waals surface area contributed by atoms with E-state index in [2.05, 4.69) is 37.6 Å². The SMILES string of the molecule is CN=C(NCCCN(C)c1ccccc1)NCc1nc(C(F)(F)F)cs1.I. The molecule has 150 valence electrons. The summed E-state index contributed by atoms with van der Waals surface area (Å²) in [4.78, 5) is 9.81. The minimum absolute atomic E-state index is 0. The minimum atomic E-state index is -4.40. The lowest BCUT2D eigenvalue weighted by Crippen LogP contribution is -2.38. The highest BCUT2D eigenvalue weighted by Gasteiger charge is 2.33. The highest BCUT2D eigenvalue weighted by atomic mass is 127. The van der Waals surface area contributed by atoms with Crippen LogP contribution < -0.4 is 15.5 Å². The number of nitrogens with one attached hydrogen (secondary N) is 2. The number of anilines is 1. The number of rotatable bonds is 7. The van der Waals surface area contributed by atoms with E-state index in [0.29, 0.717) is 17.5 Å². The van der Waals surface area contributed by atoms with Gasteiger partial charge in [0.2, 0.25) is 0 Å². The van der Waals surface area contributed by atoms with Crippen molar-refractivity contribution >= 4 is 47.0 Å². The van der Waals surface area contributed by atoms with E-state index in [4.69, 9.17) is 0 Å². The van der Waals surface area contributed by atoms with Crippen LogP contribution in [0.5, 0.6) is 0 Å². The first kappa shape index (κ1) is 23.5. The number of thiazole rings is 1. The van der Waals surface area contributed by atoms with Crippen LogP contribution in [0.2, 0.25) is 0 Å². The van der Waals surface area contributed by atoms with Crippen molar-refractivity contribution in [3.63, 3.8) is 0 Å². The number of para-hydroxylation sites is 1. The molecule has 0 bridgehead atoms. The molecule has 0 saturated heterocycles. The quantitative estimate of drug-likeness (QED) is 0.255. The minimum Gasteiger partial charge on any atom is -0.375 e. The number of halogens is 4. The number of hydrogen-bond acceptors (Lipinski definition) is 4. The largest absolute Gasteiger partial charge is 0.434 e. The molecule has 0 fully saturated rings. The van der Waals surface area contributed by atoms with Gasteiger partial charge in [0.1, 0.15) is 5.01 Å². The van der Waals surface area contributed by atoms with E-state index in [9.17, 15) is 13.2 Å². The van der Waals surface area contributed by atoms with Crippen molar-refractivity contribution in [1.82, 2.24) is 15.6 Å². The molecule has 27 heavy (non-hydrogen) atoms. The van der Waals surface area contributed by atoms with E-state index in [0.717, 1.165) is 35.4 Å². The topological polar surface area (TPSA) is 52.6 Å². The van der Waals surface area contributed by atoms with E-state index in [1.807, 2.05) is 25.2 Å². The fourth-order valence-corrected chi connectivity index (χ4v) is 2.98. The molecule has 2 aromatic rings. The number of nitrogens with zero attached hydrogens (tertiary/aromatic N) is 3. The molecule has 0 aliphatic heterocycles. The molecule has 2 rings (SSSR count). The van der Waals surface area contributed by atoms with Gasteiger partial charge in [-0.05, 0) is 18.6 Å².